The Kier molecular flexibility index (Phi) is 3.55. The Hall–Kier alpha value is -2.07. The minimum atomic E-state index is 0.311. The molecule has 0 unspecified atom stereocenters. The summed E-state index contributed by atoms with van der Waals surface area (Å²) in [6.45, 7) is 4.19. The predicted molar refractivity (Wildman–Crippen MR) is 84.1 cm³/mol. The normalized spacial score (nSPS) is 11.3. The highest BCUT2D eigenvalue weighted by Crippen LogP contribution is 2.28. The van der Waals surface area contributed by atoms with Crippen LogP contribution in [0, 0.1) is 0 Å². The first-order chi connectivity index (χ1) is 10.1. The number of hydrogen-bond donors (Lipinski definition) is 0. The average Bonchev–Trinajstić information content (AvgIpc) is 2.91. The topological polar surface area (TPSA) is 39.4 Å². The second kappa shape index (κ2) is 5.37. The molecule has 2 aromatic heterocycles. The highest BCUT2D eigenvalue weighted by atomic mass is 35.5. The highest BCUT2D eigenvalue weighted by Gasteiger charge is 2.13. The van der Waals surface area contributed by atoms with E-state index in [0.29, 0.717) is 11.1 Å². The first kappa shape index (κ1) is 13.9. The van der Waals surface area contributed by atoms with Crippen LogP contribution in [0.5, 0.6) is 5.75 Å². The third-order valence-corrected chi connectivity index (χ3v) is 3.71. The molecule has 0 aliphatic carbocycles. The van der Waals surface area contributed by atoms with Crippen LogP contribution in [0.25, 0.3) is 16.8 Å². The first-order valence-electron chi connectivity index (χ1n) is 6.78. The Balaban J connectivity index is 2.17. The summed E-state index contributed by atoms with van der Waals surface area (Å²) in [4.78, 5) is 4.70. The summed E-state index contributed by atoms with van der Waals surface area (Å²) in [5, 5.41) is 4.90. The predicted octanol–water partition coefficient (Wildman–Crippen LogP) is 4.18. The molecule has 4 nitrogen and oxygen atoms in total. The molecule has 0 amide bonds. The van der Waals surface area contributed by atoms with Crippen molar-refractivity contribution in [1.82, 2.24) is 14.6 Å². The van der Waals surface area contributed by atoms with Crippen molar-refractivity contribution in [3.05, 3.63) is 47.4 Å². The fourth-order valence-corrected chi connectivity index (χ4v) is 2.45. The van der Waals surface area contributed by atoms with Gasteiger partial charge in [0, 0.05) is 11.3 Å². The zero-order valence-corrected chi connectivity index (χ0v) is 12.9. The van der Waals surface area contributed by atoms with Crippen LogP contribution in [-0.4, -0.2) is 21.7 Å². The Bertz CT molecular complexity index is 778. The monoisotopic (exact) mass is 301 g/mol. The number of rotatable bonds is 3. The number of fused-ring (bicyclic) bond motifs is 1. The van der Waals surface area contributed by atoms with Gasteiger partial charge in [0.2, 0.25) is 0 Å². The average molecular weight is 302 g/mol. The molecule has 0 atom stereocenters. The van der Waals surface area contributed by atoms with Gasteiger partial charge in [-0.2, -0.15) is 5.10 Å². The SMILES string of the molecule is COc1ccc(-c2cnn3c(Cl)cc(C(C)C)nc23)cc1. The van der Waals surface area contributed by atoms with Crippen LogP contribution in [0.4, 0.5) is 0 Å². The van der Waals surface area contributed by atoms with Crippen LogP contribution in [-0.2, 0) is 0 Å². The van der Waals surface area contributed by atoms with Crippen LogP contribution in [0.1, 0.15) is 25.5 Å². The molecule has 3 rings (SSSR count). The molecule has 5 heteroatoms. The van der Waals surface area contributed by atoms with Gasteiger partial charge >= 0.3 is 0 Å². The van der Waals surface area contributed by atoms with Gasteiger partial charge in [0.25, 0.3) is 0 Å². The summed E-state index contributed by atoms with van der Waals surface area (Å²) in [6.07, 6.45) is 1.79. The molecule has 0 saturated heterocycles. The van der Waals surface area contributed by atoms with E-state index in [2.05, 4.69) is 18.9 Å². The number of methoxy groups -OCH3 is 1. The molecule has 0 aliphatic heterocycles. The van der Waals surface area contributed by atoms with Crippen LogP contribution < -0.4 is 4.74 Å². The van der Waals surface area contributed by atoms with Crippen LogP contribution in [0.15, 0.2) is 36.5 Å². The van der Waals surface area contributed by atoms with E-state index in [9.17, 15) is 0 Å². The van der Waals surface area contributed by atoms with Crippen molar-refractivity contribution < 1.29 is 4.74 Å². The lowest BCUT2D eigenvalue weighted by Gasteiger charge is -2.07. The number of halogens is 1. The molecule has 0 saturated carbocycles. The Morgan fingerprint density at radius 3 is 2.52 bits per heavy atom. The van der Waals surface area contributed by atoms with Crippen molar-refractivity contribution in [2.45, 2.75) is 19.8 Å². The zero-order valence-electron chi connectivity index (χ0n) is 12.2. The quantitative estimate of drug-likeness (QED) is 0.681. The first-order valence-corrected chi connectivity index (χ1v) is 7.16. The number of nitrogens with zero attached hydrogens (tertiary/aromatic N) is 3. The van der Waals surface area contributed by atoms with Crippen molar-refractivity contribution in [1.29, 1.82) is 0 Å². The van der Waals surface area contributed by atoms with Gasteiger partial charge in [-0.3, -0.25) is 0 Å². The third kappa shape index (κ3) is 2.47. The maximum Gasteiger partial charge on any atom is 0.164 e. The molecule has 108 valence electrons. The number of hydrogen-bond acceptors (Lipinski definition) is 3. The Morgan fingerprint density at radius 2 is 1.90 bits per heavy atom. The lowest BCUT2D eigenvalue weighted by Crippen LogP contribution is -1.99. The van der Waals surface area contributed by atoms with E-state index >= 15 is 0 Å². The van der Waals surface area contributed by atoms with Gasteiger partial charge in [-0.15, -0.1) is 0 Å². The second-order valence-electron chi connectivity index (χ2n) is 5.18. The summed E-state index contributed by atoms with van der Waals surface area (Å²) in [7, 11) is 1.65. The third-order valence-electron chi connectivity index (χ3n) is 3.44. The van der Waals surface area contributed by atoms with E-state index in [1.165, 1.54) is 0 Å². The van der Waals surface area contributed by atoms with Gasteiger partial charge in [-0.25, -0.2) is 9.50 Å². The minimum absolute atomic E-state index is 0.311. The van der Waals surface area contributed by atoms with E-state index in [1.54, 1.807) is 17.8 Å². The van der Waals surface area contributed by atoms with E-state index in [0.717, 1.165) is 28.2 Å². The lowest BCUT2D eigenvalue weighted by molar-refractivity contribution is 0.415. The minimum Gasteiger partial charge on any atom is -0.497 e. The zero-order chi connectivity index (χ0) is 15.0. The van der Waals surface area contributed by atoms with E-state index < -0.39 is 0 Å². The fraction of sp³-hybridized carbons (Fsp3) is 0.250. The molecule has 21 heavy (non-hydrogen) atoms. The van der Waals surface area contributed by atoms with Crippen molar-refractivity contribution in [3.8, 4) is 16.9 Å². The summed E-state index contributed by atoms with van der Waals surface area (Å²) < 4.78 is 6.85. The largest absolute Gasteiger partial charge is 0.497 e. The van der Waals surface area contributed by atoms with Gasteiger partial charge in [-0.05, 0) is 29.7 Å². The van der Waals surface area contributed by atoms with Crippen LogP contribution in [0.3, 0.4) is 0 Å². The number of aromatic nitrogens is 3. The molecule has 0 aliphatic rings. The molecular weight excluding hydrogens is 286 g/mol. The van der Waals surface area contributed by atoms with Gasteiger partial charge in [-0.1, -0.05) is 37.6 Å². The summed E-state index contributed by atoms with van der Waals surface area (Å²) in [6, 6.07) is 9.70. The van der Waals surface area contributed by atoms with Crippen molar-refractivity contribution in [3.63, 3.8) is 0 Å². The molecule has 0 N–H and O–H groups in total. The van der Waals surface area contributed by atoms with E-state index in [1.807, 2.05) is 30.3 Å². The Labute approximate surface area is 128 Å². The molecule has 0 bridgehead atoms. The molecule has 1 aromatic carbocycles. The lowest BCUT2D eigenvalue weighted by atomic mass is 10.1. The summed E-state index contributed by atoms with van der Waals surface area (Å²) in [5.41, 5.74) is 3.73. The van der Waals surface area contributed by atoms with Gasteiger partial charge < -0.3 is 4.74 Å². The molecule has 0 fully saturated rings. The van der Waals surface area contributed by atoms with E-state index in [-0.39, 0.29) is 0 Å². The molecular formula is C16H16ClN3O. The van der Waals surface area contributed by atoms with Crippen LogP contribution >= 0.6 is 11.6 Å². The van der Waals surface area contributed by atoms with Crippen molar-refractivity contribution in [2.75, 3.05) is 7.11 Å². The van der Waals surface area contributed by atoms with Crippen molar-refractivity contribution >= 4 is 17.2 Å². The van der Waals surface area contributed by atoms with E-state index in [4.69, 9.17) is 21.3 Å². The summed E-state index contributed by atoms with van der Waals surface area (Å²) >= 11 is 6.30. The molecule has 3 aromatic rings. The highest BCUT2D eigenvalue weighted by molar-refractivity contribution is 6.29. The summed E-state index contributed by atoms with van der Waals surface area (Å²) in [5.74, 6) is 1.13. The molecule has 0 radical (unpaired) electrons. The fourth-order valence-electron chi connectivity index (χ4n) is 2.21. The smallest absolute Gasteiger partial charge is 0.164 e. The van der Waals surface area contributed by atoms with Gasteiger partial charge in [0.1, 0.15) is 10.9 Å². The number of ether oxygens (including phenoxy) is 1. The van der Waals surface area contributed by atoms with Crippen molar-refractivity contribution in [2.24, 2.45) is 0 Å². The van der Waals surface area contributed by atoms with Gasteiger partial charge in [0.05, 0.1) is 13.3 Å². The second-order valence-corrected chi connectivity index (χ2v) is 5.57. The number of benzene rings is 1. The molecule has 0 spiro atoms. The molecule has 2 heterocycles. The maximum atomic E-state index is 6.30. The van der Waals surface area contributed by atoms with Gasteiger partial charge in [0.15, 0.2) is 5.65 Å². The maximum absolute atomic E-state index is 6.30. The standard InChI is InChI=1S/C16H16ClN3O/c1-10(2)14-8-15(17)20-16(19-14)13(9-18-20)11-4-6-12(21-3)7-5-11/h4-10H,1-3H3. The Morgan fingerprint density at radius 1 is 1.19 bits per heavy atom. The van der Waals surface area contributed by atoms with Crippen LogP contribution in [0.2, 0.25) is 5.15 Å².